The number of rotatable bonds is 2. The molecule has 0 bridgehead atoms. The Hall–Kier alpha value is -2.34. The maximum Gasteiger partial charge on any atom is 0.206 e. The summed E-state index contributed by atoms with van der Waals surface area (Å²) in [6.45, 7) is -1.72. The summed E-state index contributed by atoms with van der Waals surface area (Å²) in [7, 11) is 0. The zero-order chi connectivity index (χ0) is 12.0. The van der Waals surface area contributed by atoms with Gasteiger partial charge >= 0.3 is 0 Å². The smallest absolute Gasteiger partial charge is 0.206 e. The lowest BCUT2D eigenvalue weighted by atomic mass is 9.97. The molecule has 6 heteroatoms. The van der Waals surface area contributed by atoms with Gasteiger partial charge in [0.25, 0.3) is 0 Å². The second kappa shape index (κ2) is 5.52. The Morgan fingerprint density at radius 1 is 0.938 bits per heavy atom. The van der Waals surface area contributed by atoms with Gasteiger partial charge in [-0.1, -0.05) is 0 Å². The fourth-order valence-electron chi connectivity index (χ4n) is 1.19. The molecular weight excluding hydrogens is 214 g/mol. The summed E-state index contributed by atoms with van der Waals surface area (Å²) in [6.07, 6.45) is 5.44. The number of aliphatic imine (C=N–C) groups is 2. The quantitative estimate of drug-likeness (QED) is 0.524. The first-order valence-electron chi connectivity index (χ1n) is 4.24. The molecule has 0 aliphatic heterocycles. The minimum absolute atomic E-state index is 0.0644. The van der Waals surface area contributed by atoms with E-state index in [0.717, 1.165) is 0 Å². The average Bonchev–Trinajstić information content (AvgIpc) is 2.31. The van der Waals surface area contributed by atoms with Crippen LogP contribution in [-0.4, -0.2) is 24.8 Å². The van der Waals surface area contributed by atoms with Crippen LogP contribution in [-0.2, 0) is 0 Å². The van der Waals surface area contributed by atoms with Gasteiger partial charge in [0.05, 0.1) is 11.4 Å². The highest BCUT2D eigenvalue weighted by atomic mass is 19.1. The van der Waals surface area contributed by atoms with Gasteiger partial charge in [-0.3, -0.25) is 0 Å². The average molecular weight is 220 g/mol. The van der Waals surface area contributed by atoms with Crippen molar-refractivity contribution in [3.05, 3.63) is 23.3 Å². The van der Waals surface area contributed by atoms with Gasteiger partial charge in [-0.05, 0) is 12.2 Å². The lowest BCUT2D eigenvalue weighted by molar-refractivity contribution is 0.548. The van der Waals surface area contributed by atoms with Crippen LogP contribution in [0.4, 0.5) is 8.78 Å². The molecule has 0 aromatic carbocycles. The van der Waals surface area contributed by atoms with Crippen molar-refractivity contribution in [1.82, 2.24) is 0 Å². The molecule has 16 heavy (non-hydrogen) atoms. The van der Waals surface area contributed by atoms with Crippen LogP contribution in [0.1, 0.15) is 0 Å². The summed E-state index contributed by atoms with van der Waals surface area (Å²) in [5.41, 5.74) is 0.338. The van der Waals surface area contributed by atoms with Gasteiger partial charge in [-0.25, -0.2) is 8.78 Å². The molecule has 0 N–H and O–H groups in total. The molecule has 0 saturated heterocycles. The third-order valence-electron chi connectivity index (χ3n) is 1.91. The highest BCUT2D eigenvalue weighted by Crippen LogP contribution is 2.15. The molecular formula is C10H6F2N4. The Kier molecular flexibility index (Phi) is 4.05. The van der Waals surface area contributed by atoms with Crippen molar-refractivity contribution in [2.24, 2.45) is 9.98 Å². The summed E-state index contributed by atoms with van der Waals surface area (Å²) < 4.78 is 25.2. The van der Waals surface area contributed by atoms with Crippen molar-refractivity contribution >= 4 is 11.4 Å². The van der Waals surface area contributed by atoms with E-state index < -0.39 is 13.3 Å². The Labute approximate surface area is 90.5 Å². The van der Waals surface area contributed by atoms with E-state index >= 15 is 0 Å². The zero-order valence-corrected chi connectivity index (χ0v) is 8.11. The maximum absolute atomic E-state index is 12.6. The van der Waals surface area contributed by atoms with Crippen molar-refractivity contribution in [3.8, 4) is 12.4 Å². The second-order valence-electron chi connectivity index (χ2n) is 2.80. The molecule has 1 rings (SSSR count). The molecule has 0 aromatic rings. The molecule has 0 spiro atoms. The summed E-state index contributed by atoms with van der Waals surface area (Å²) in [6, 6.07) is 0. The minimum atomic E-state index is -0.860. The summed E-state index contributed by atoms with van der Waals surface area (Å²) in [4.78, 5) is 6.72. The van der Waals surface area contributed by atoms with E-state index in [-0.39, 0.29) is 22.6 Å². The molecule has 0 saturated carbocycles. The van der Waals surface area contributed by atoms with Crippen molar-refractivity contribution < 1.29 is 8.78 Å². The van der Waals surface area contributed by atoms with Gasteiger partial charge in [0.1, 0.15) is 13.3 Å². The van der Waals surface area contributed by atoms with E-state index in [9.17, 15) is 8.78 Å². The molecule has 0 unspecified atom stereocenters. The predicted octanol–water partition coefficient (Wildman–Crippen LogP) is 1.64. The normalized spacial score (nSPS) is 20.0. The first kappa shape index (κ1) is 11.7. The van der Waals surface area contributed by atoms with Crippen LogP contribution in [0.2, 0.25) is 0 Å². The first-order chi connectivity index (χ1) is 7.76. The van der Waals surface area contributed by atoms with Crippen LogP contribution in [0.25, 0.3) is 0 Å². The fraction of sp³-hybridized carbons (Fsp3) is 0.200. The summed E-state index contributed by atoms with van der Waals surface area (Å²) in [5, 5.41) is 16.7. The van der Waals surface area contributed by atoms with Crippen molar-refractivity contribution in [2.75, 3.05) is 13.3 Å². The van der Waals surface area contributed by atoms with Crippen LogP contribution in [0.5, 0.6) is 0 Å². The summed E-state index contributed by atoms with van der Waals surface area (Å²) >= 11 is 0. The highest BCUT2D eigenvalue weighted by Gasteiger charge is 2.17. The van der Waals surface area contributed by atoms with Crippen LogP contribution < -0.4 is 0 Å². The van der Waals surface area contributed by atoms with Crippen molar-refractivity contribution in [3.63, 3.8) is 0 Å². The Bertz CT molecular complexity index is 440. The molecule has 0 fully saturated rings. The number of hydrogen-bond acceptors (Lipinski definition) is 4. The number of alkyl halides is 2. The molecule has 0 atom stereocenters. The van der Waals surface area contributed by atoms with E-state index in [1.807, 2.05) is 0 Å². The van der Waals surface area contributed by atoms with Gasteiger partial charge in [-0.2, -0.15) is 20.5 Å². The van der Waals surface area contributed by atoms with Crippen molar-refractivity contribution in [1.29, 1.82) is 10.5 Å². The van der Waals surface area contributed by atoms with Gasteiger partial charge in [0, 0.05) is 11.1 Å². The SMILES string of the molecule is N#CN=C1C=C(CF)C(=NC#N)C=C1CF. The van der Waals surface area contributed by atoms with E-state index in [0.29, 0.717) is 0 Å². The first-order valence-corrected chi connectivity index (χ1v) is 4.24. The maximum atomic E-state index is 12.6. The van der Waals surface area contributed by atoms with Crippen molar-refractivity contribution in [2.45, 2.75) is 0 Å². The predicted molar refractivity (Wildman–Crippen MR) is 54.2 cm³/mol. The monoisotopic (exact) mass is 220 g/mol. The lowest BCUT2D eigenvalue weighted by Gasteiger charge is -2.11. The third-order valence-corrected chi connectivity index (χ3v) is 1.91. The number of hydrogen-bond donors (Lipinski definition) is 0. The second-order valence-corrected chi connectivity index (χ2v) is 2.80. The lowest BCUT2D eigenvalue weighted by Crippen LogP contribution is -2.15. The zero-order valence-electron chi connectivity index (χ0n) is 8.11. The van der Waals surface area contributed by atoms with Gasteiger partial charge in [0.15, 0.2) is 0 Å². The number of allylic oxidation sites excluding steroid dienone is 4. The Balaban J connectivity index is 3.25. The van der Waals surface area contributed by atoms with Crippen LogP contribution >= 0.6 is 0 Å². The fourth-order valence-corrected chi connectivity index (χ4v) is 1.19. The molecule has 1 aliphatic rings. The number of nitrogens with zero attached hydrogens (tertiary/aromatic N) is 4. The molecule has 0 amide bonds. The molecule has 1 aliphatic carbocycles. The molecule has 0 aromatic heterocycles. The molecule has 4 nitrogen and oxygen atoms in total. The Morgan fingerprint density at radius 3 is 1.56 bits per heavy atom. The van der Waals surface area contributed by atoms with Gasteiger partial charge < -0.3 is 0 Å². The van der Waals surface area contributed by atoms with Crippen LogP contribution in [0.3, 0.4) is 0 Å². The summed E-state index contributed by atoms with van der Waals surface area (Å²) in [5.74, 6) is 0. The van der Waals surface area contributed by atoms with E-state index in [1.54, 1.807) is 0 Å². The van der Waals surface area contributed by atoms with Crippen LogP contribution in [0.15, 0.2) is 33.3 Å². The molecule has 0 heterocycles. The third kappa shape index (κ3) is 2.37. The van der Waals surface area contributed by atoms with E-state index in [1.165, 1.54) is 24.5 Å². The standard InChI is InChI=1S/C10H6F2N4/c11-3-7-1-9(15-5-13)8(4-12)2-10(7)16-6-14/h1-2H,3-4H2. The van der Waals surface area contributed by atoms with Gasteiger partial charge in [-0.15, -0.1) is 0 Å². The minimum Gasteiger partial charge on any atom is -0.246 e. The van der Waals surface area contributed by atoms with E-state index in [4.69, 9.17) is 10.5 Å². The number of nitriles is 2. The number of halogens is 2. The van der Waals surface area contributed by atoms with E-state index in [2.05, 4.69) is 9.98 Å². The topological polar surface area (TPSA) is 72.3 Å². The highest BCUT2D eigenvalue weighted by molar-refractivity contribution is 6.24. The van der Waals surface area contributed by atoms with Gasteiger partial charge in [0.2, 0.25) is 12.4 Å². The molecule has 80 valence electrons. The van der Waals surface area contributed by atoms with Crippen LogP contribution in [0, 0.1) is 22.9 Å². The largest absolute Gasteiger partial charge is 0.246 e. The Morgan fingerprint density at radius 2 is 1.31 bits per heavy atom. The molecule has 0 radical (unpaired) electrons.